The molecule has 0 atom stereocenters. The quantitative estimate of drug-likeness (QED) is 0.148. The monoisotopic (exact) mass is 1790 g/mol. The van der Waals surface area contributed by atoms with Gasteiger partial charge in [0, 0.05) is 88.5 Å². The maximum absolute atomic E-state index is 4.89. The molecule has 13 heterocycles. The minimum Gasteiger partial charge on any atom is -0.309 e. The van der Waals surface area contributed by atoms with E-state index >= 15 is 0 Å². The van der Waals surface area contributed by atoms with Gasteiger partial charge in [-0.15, -0.1) is 0 Å². The minimum absolute atomic E-state index is 0.797. The number of hydrogen-bond acceptors (Lipinski definition) is 9. The van der Waals surface area contributed by atoms with E-state index in [1.807, 2.05) is 37.2 Å². The number of anilines is 12. The van der Waals surface area contributed by atoms with Crippen molar-refractivity contribution in [3.8, 4) is 89.0 Å². The lowest BCUT2D eigenvalue weighted by Crippen LogP contribution is -2.26. The second-order valence-electron chi connectivity index (χ2n) is 41.2. The van der Waals surface area contributed by atoms with Gasteiger partial charge < -0.3 is 14.7 Å². The van der Waals surface area contributed by atoms with Gasteiger partial charge in [-0.1, -0.05) is 231 Å². The zero-order valence-corrected chi connectivity index (χ0v) is 77.1. The van der Waals surface area contributed by atoms with Crippen molar-refractivity contribution in [1.29, 1.82) is 0 Å². The largest absolute Gasteiger partial charge is 0.309 e. The number of aromatic nitrogens is 5. The molecule has 0 bridgehead atoms. The Bertz CT molecular complexity index is 8520. The molecule has 36 rings (SSSR count). The second-order valence-corrected chi connectivity index (χ2v) is 41.2. The number of nitrogens with zero attached hydrogens (tertiary/aromatic N) is 9. The lowest BCUT2D eigenvalue weighted by Gasteiger charge is -2.40. The summed E-state index contributed by atoms with van der Waals surface area (Å²) in [6, 6.07) is 109. The number of pyridine rings is 5. The summed E-state index contributed by atoms with van der Waals surface area (Å²) in [6.45, 7) is 0. The first-order valence-electron chi connectivity index (χ1n) is 50.2. The van der Waals surface area contributed by atoms with E-state index in [1.165, 1.54) is 318 Å². The summed E-state index contributed by atoms with van der Waals surface area (Å²) < 4.78 is 0. The molecule has 8 aliphatic heterocycles. The number of para-hydroxylation sites is 3. The molecular weight excluding hydrogens is 1700 g/mol. The van der Waals surface area contributed by atoms with Crippen LogP contribution < -0.4 is 19.6 Å². The van der Waals surface area contributed by atoms with Crippen molar-refractivity contribution >= 4 is 68.4 Å². The Morgan fingerprint density at radius 1 is 0.150 bits per heavy atom. The third-order valence-corrected chi connectivity index (χ3v) is 34.3. The number of fused-ring (bicyclic) bond motifs is 48. The SMILES string of the molecule is c1ccc2c(c1)Cc1c-2ccc2c1-c1c(ccc3c1Cc1cccc4c1N3c1ccncc1C4)C2.c1ccc2c(c1)Cc1c-2ccc2c1-c1c(ccc3c1Cc1cccc4c1N3c1cnccc1C4)C2.c1ccc2c(c1)Cc1c-2ccc2c1-c1c(ccc3c1Cc1cccc4c1N3c1ncccc1C4)C2.c1ccc2c(c1)Cc1c-2ccc2c1Cc1ccc3c(c1-2)Cc1ccnc2c1N3c1cccnc1C2. The fourth-order valence-electron chi connectivity index (χ4n) is 28.6. The molecule has 0 N–H and O–H groups in total. The highest BCUT2D eigenvalue weighted by molar-refractivity contribution is 6.04. The molecule has 15 aromatic carbocycles. The van der Waals surface area contributed by atoms with Crippen LogP contribution in [-0.4, -0.2) is 24.9 Å². The Balaban J connectivity index is 0.0000000829. The molecule has 0 radical (unpaired) electrons. The smallest absolute Gasteiger partial charge is 0.141 e. The molecule has 0 saturated heterocycles. The Morgan fingerprint density at radius 2 is 0.486 bits per heavy atom. The van der Waals surface area contributed by atoms with Gasteiger partial charge in [0.15, 0.2) is 0 Å². The van der Waals surface area contributed by atoms with Gasteiger partial charge in [-0.3, -0.25) is 24.8 Å². The summed E-state index contributed by atoms with van der Waals surface area (Å²) >= 11 is 0. The molecule has 5 aromatic heterocycles. The minimum atomic E-state index is 0.797. The molecule has 9 nitrogen and oxygen atoms in total. The molecular formula is C131H87N9. The predicted molar refractivity (Wildman–Crippen MR) is 562 cm³/mol. The maximum atomic E-state index is 4.89. The molecule has 656 valence electrons. The van der Waals surface area contributed by atoms with Crippen LogP contribution in [0, 0.1) is 0 Å². The van der Waals surface area contributed by atoms with Crippen molar-refractivity contribution in [2.45, 2.75) is 103 Å². The molecule has 9 heteroatoms. The molecule has 0 saturated carbocycles. The van der Waals surface area contributed by atoms with Gasteiger partial charge in [0.1, 0.15) is 5.82 Å². The maximum Gasteiger partial charge on any atom is 0.141 e. The third kappa shape index (κ3) is 10.6. The van der Waals surface area contributed by atoms with Gasteiger partial charge in [-0.2, -0.15) is 0 Å². The topological polar surface area (TPSA) is 77.4 Å². The molecule has 16 aliphatic rings. The molecule has 20 aromatic rings. The van der Waals surface area contributed by atoms with Gasteiger partial charge >= 0.3 is 0 Å². The molecule has 0 unspecified atom stereocenters. The Morgan fingerprint density at radius 3 is 1.03 bits per heavy atom. The fourth-order valence-corrected chi connectivity index (χ4v) is 28.6. The molecule has 8 aliphatic carbocycles. The van der Waals surface area contributed by atoms with Gasteiger partial charge in [0.05, 0.1) is 80.1 Å². The van der Waals surface area contributed by atoms with Gasteiger partial charge in [0.2, 0.25) is 0 Å². The Hall–Kier alpha value is -16.8. The van der Waals surface area contributed by atoms with Crippen molar-refractivity contribution in [3.05, 3.63) is 513 Å². The summed E-state index contributed by atoms with van der Waals surface area (Å²) in [4.78, 5) is 33.3. The first-order valence-corrected chi connectivity index (χ1v) is 50.2. The lowest BCUT2D eigenvalue weighted by molar-refractivity contribution is 0.927. The average Bonchev–Trinajstić information content (AvgIpc) is 1.39. The Kier molecular flexibility index (Phi) is 15.5. The van der Waals surface area contributed by atoms with E-state index in [1.54, 1.807) is 0 Å². The van der Waals surface area contributed by atoms with Crippen LogP contribution in [0.1, 0.15) is 178 Å². The molecule has 0 amide bonds. The first kappa shape index (κ1) is 76.4. The summed E-state index contributed by atoms with van der Waals surface area (Å²) in [7, 11) is 0. The second kappa shape index (κ2) is 28.5. The number of benzene rings is 15. The number of rotatable bonds is 0. The van der Waals surface area contributed by atoms with Crippen molar-refractivity contribution < 1.29 is 0 Å². The average molecular weight is 1790 g/mol. The van der Waals surface area contributed by atoms with Crippen molar-refractivity contribution in [2.75, 3.05) is 19.6 Å². The van der Waals surface area contributed by atoms with E-state index in [9.17, 15) is 0 Å². The predicted octanol–water partition coefficient (Wildman–Crippen LogP) is 29.4. The highest BCUT2D eigenvalue weighted by Gasteiger charge is 2.45. The van der Waals surface area contributed by atoms with Crippen LogP contribution in [0.3, 0.4) is 0 Å². The third-order valence-electron chi connectivity index (χ3n) is 34.3. The first-order chi connectivity index (χ1) is 69.4. The van der Waals surface area contributed by atoms with Crippen LogP contribution in [0.5, 0.6) is 0 Å². The standard InChI is InChI=1S/3C33H22N2.C32H21N3/c1-2-9-25-19(5-1)17-27-26(25)12-10-20-15-21-11-13-29-28(31(21)30(20)27)18-23-7-3-6-22-16-24-8-4-14-34-33(24)35(29)32(22)23;1-2-7-25-19(4-1)16-27-26(25)10-8-21-15-22-9-11-29-28(32(22)31(21)27)17-24-6-3-5-23-14-20-12-13-34-18-30(20)35(29)33(23)24;1-2-7-25-19(4-1)16-27-26(25)10-8-20-14-21-9-11-30-28(32(21)31(20)27)17-23-6-3-5-22-15-24-18-34-13-12-29(24)35(30)33(22)23;1-2-5-21-18(4-1)14-24-22(21)8-9-23-25(24)15-19-7-10-29-26(31(19)23)16-20-11-13-34-28-17-27-30(6-3-12-33-27)35(29)32(20)28/h1-14H,15-18H2;2*1-13,18H,14-17H2;1-13H,14-17H2. The van der Waals surface area contributed by atoms with E-state index in [4.69, 9.17) is 15.0 Å². The van der Waals surface area contributed by atoms with Crippen LogP contribution in [-0.2, 0) is 103 Å². The van der Waals surface area contributed by atoms with Crippen LogP contribution >= 0.6 is 0 Å². The summed E-state index contributed by atoms with van der Waals surface area (Å²) in [5.41, 5.74) is 83.4. The van der Waals surface area contributed by atoms with E-state index in [-0.39, 0.29) is 0 Å². The zero-order chi connectivity index (χ0) is 90.7. The highest BCUT2D eigenvalue weighted by Crippen LogP contribution is 2.63. The Labute approximate surface area is 811 Å². The highest BCUT2D eigenvalue weighted by atomic mass is 15.2. The van der Waals surface area contributed by atoms with Crippen molar-refractivity contribution in [3.63, 3.8) is 0 Å². The van der Waals surface area contributed by atoms with Gasteiger partial charge in [0.25, 0.3) is 0 Å². The summed E-state index contributed by atoms with van der Waals surface area (Å²) in [5, 5.41) is 0. The van der Waals surface area contributed by atoms with Gasteiger partial charge in [-0.25, -0.2) is 4.98 Å². The van der Waals surface area contributed by atoms with Crippen LogP contribution in [0.4, 0.5) is 68.4 Å². The molecule has 140 heavy (non-hydrogen) atoms. The number of hydrogen-bond donors (Lipinski definition) is 0. The van der Waals surface area contributed by atoms with Crippen molar-refractivity contribution in [1.82, 2.24) is 24.9 Å². The zero-order valence-electron chi connectivity index (χ0n) is 77.1. The van der Waals surface area contributed by atoms with Crippen molar-refractivity contribution in [2.24, 2.45) is 0 Å². The fraction of sp³-hybridized carbons (Fsp3) is 0.122. The molecule has 0 spiro atoms. The van der Waals surface area contributed by atoms with Crippen LogP contribution in [0.25, 0.3) is 89.0 Å². The van der Waals surface area contributed by atoms with Crippen LogP contribution in [0.2, 0.25) is 0 Å². The normalized spacial score (nSPS) is 14.9. The van der Waals surface area contributed by atoms with E-state index in [0.717, 1.165) is 120 Å². The summed E-state index contributed by atoms with van der Waals surface area (Å²) in [5.74, 6) is 1.09. The summed E-state index contributed by atoms with van der Waals surface area (Å²) in [6.07, 6.45) is 29.7. The van der Waals surface area contributed by atoms with Crippen LogP contribution in [0.15, 0.2) is 335 Å². The van der Waals surface area contributed by atoms with E-state index in [0.29, 0.717) is 0 Å². The molecule has 0 fully saturated rings. The van der Waals surface area contributed by atoms with Gasteiger partial charge in [-0.05, 0) is 368 Å². The van der Waals surface area contributed by atoms with E-state index < -0.39 is 0 Å². The van der Waals surface area contributed by atoms with E-state index in [2.05, 4.69) is 327 Å². The lowest BCUT2D eigenvalue weighted by atomic mass is 9.83.